The highest BCUT2D eigenvalue weighted by Crippen LogP contribution is 2.45. The summed E-state index contributed by atoms with van der Waals surface area (Å²) < 4.78 is -1.71. The van der Waals surface area contributed by atoms with Crippen molar-refractivity contribution >= 4 is 52.3 Å². The van der Waals surface area contributed by atoms with Crippen LogP contribution in [-0.2, 0) is 4.79 Å². The molecule has 2 aromatic carbocycles. The Balaban J connectivity index is 2.58. The van der Waals surface area contributed by atoms with E-state index in [9.17, 15) is 4.79 Å². The minimum Gasteiger partial charge on any atom is -0.354 e. The molecule has 122 valence electrons. The molecule has 0 aliphatic heterocycles. The van der Waals surface area contributed by atoms with Gasteiger partial charge in [0.15, 0.2) is 0 Å². The molecule has 1 unspecified atom stereocenters. The van der Waals surface area contributed by atoms with Gasteiger partial charge in [-0.05, 0) is 36.2 Å². The number of hydrogen-bond donors (Lipinski definition) is 1. The first-order valence-electron chi connectivity index (χ1n) is 7.04. The molecule has 2 rings (SSSR count). The van der Waals surface area contributed by atoms with E-state index in [1.54, 1.807) is 49.4 Å². The van der Waals surface area contributed by atoms with Crippen LogP contribution in [0.3, 0.4) is 0 Å². The first-order chi connectivity index (χ1) is 10.9. The number of amides is 1. The van der Waals surface area contributed by atoms with E-state index in [4.69, 9.17) is 46.4 Å². The number of rotatable bonds is 5. The predicted molar refractivity (Wildman–Crippen MR) is 97.9 cm³/mol. The Morgan fingerprint density at radius 3 is 2.26 bits per heavy atom. The van der Waals surface area contributed by atoms with Crippen molar-refractivity contribution in [1.29, 1.82) is 0 Å². The lowest BCUT2D eigenvalue weighted by atomic mass is 9.87. The van der Waals surface area contributed by atoms with Crippen LogP contribution in [0.15, 0.2) is 48.5 Å². The Kier molecular flexibility index (Phi) is 6.21. The van der Waals surface area contributed by atoms with E-state index in [0.29, 0.717) is 22.2 Å². The number of alkyl halides is 2. The first-order valence-corrected chi connectivity index (χ1v) is 8.55. The molecule has 1 atom stereocenters. The third-order valence-electron chi connectivity index (χ3n) is 3.42. The van der Waals surface area contributed by atoms with Gasteiger partial charge in [-0.3, -0.25) is 4.79 Å². The molecule has 2 aromatic rings. The number of carbonyl (C=O) groups is 1. The molecule has 1 N–H and O–H groups in total. The minimum absolute atomic E-state index is 0.426. The molecule has 0 aliphatic rings. The van der Waals surface area contributed by atoms with Crippen molar-refractivity contribution in [3.8, 4) is 0 Å². The second-order valence-corrected chi connectivity index (χ2v) is 7.22. The van der Waals surface area contributed by atoms with Crippen molar-refractivity contribution in [2.45, 2.75) is 17.2 Å². The molecule has 0 spiro atoms. The fourth-order valence-corrected chi connectivity index (χ4v) is 3.35. The summed E-state index contributed by atoms with van der Waals surface area (Å²) in [5.74, 6) is -1.11. The van der Waals surface area contributed by atoms with E-state index in [1.165, 1.54) is 0 Å². The average molecular weight is 391 g/mol. The highest BCUT2D eigenvalue weighted by atomic mass is 35.5. The summed E-state index contributed by atoms with van der Waals surface area (Å²) in [4.78, 5) is 12.4. The van der Waals surface area contributed by atoms with Crippen LogP contribution in [0.2, 0.25) is 10.0 Å². The summed E-state index contributed by atoms with van der Waals surface area (Å²) in [5.41, 5.74) is 1.42. The maximum atomic E-state index is 12.4. The van der Waals surface area contributed by atoms with Gasteiger partial charge in [0.25, 0.3) is 5.91 Å². The van der Waals surface area contributed by atoms with E-state index in [1.807, 2.05) is 6.07 Å². The smallest absolute Gasteiger partial charge is 0.257 e. The van der Waals surface area contributed by atoms with Crippen LogP contribution in [0.25, 0.3) is 0 Å². The summed E-state index contributed by atoms with van der Waals surface area (Å²) in [5, 5.41) is 3.74. The summed E-state index contributed by atoms with van der Waals surface area (Å²) in [6, 6.07) is 14.2. The normalized spacial score (nSPS) is 12.7. The van der Waals surface area contributed by atoms with Crippen LogP contribution >= 0.6 is 46.4 Å². The van der Waals surface area contributed by atoms with Gasteiger partial charge in [-0.2, -0.15) is 0 Å². The van der Waals surface area contributed by atoms with E-state index >= 15 is 0 Å². The van der Waals surface area contributed by atoms with Gasteiger partial charge >= 0.3 is 0 Å². The Bertz CT molecular complexity index is 685. The van der Waals surface area contributed by atoms with E-state index in [2.05, 4.69) is 5.32 Å². The monoisotopic (exact) mass is 389 g/mol. The largest absolute Gasteiger partial charge is 0.354 e. The summed E-state index contributed by atoms with van der Waals surface area (Å²) in [6.45, 7) is 2.23. The van der Waals surface area contributed by atoms with E-state index < -0.39 is 16.2 Å². The van der Waals surface area contributed by atoms with Crippen molar-refractivity contribution in [1.82, 2.24) is 5.32 Å². The van der Waals surface area contributed by atoms with Crippen molar-refractivity contribution in [2.75, 3.05) is 6.54 Å². The van der Waals surface area contributed by atoms with Gasteiger partial charge < -0.3 is 5.32 Å². The topological polar surface area (TPSA) is 29.1 Å². The van der Waals surface area contributed by atoms with Crippen LogP contribution in [0.1, 0.15) is 24.0 Å². The van der Waals surface area contributed by atoms with Gasteiger partial charge in [0.1, 0.15) is 0 Å². The molecule has 0 fully saturated rings. The zero-order chi connectivity index (χ0) is 17.0. The lowest BCUT2D eigenvalue weighted by molar-refractivity contribution is -0.121. The van der Waals surface area contributed by atoms with E-state index in [-0.39, 0.29) is 0 Å². The van der Waals surface area contributed by atoms with Gasteiger partial charge in [-0.15, -0.1) is 0 Å². The zero-order valence-corrected chi connectivity index (χ0v) is 15.3. The van der Waals surface area contributed by atoms with Gasteiger partial charge in [0.05, 0.1) is 5.92 Å². The molecule has 1 amide bonds. The highest BCUT2D eigenvalue weighted by Gasteiger charge is 2.44. The molecular formula is C17H15Cl4NO. The quantitative estimate of drug-likeness (QED) is 0.677. The molecular weight excluding hydrogens is 376 g/mol. The second kappa shape index (κ2) is 7.76. The molecule has 0 radical (unpaired) electrons. The predicted octanol–water partition coefficient (Wildman–Crippen LogP) is 5.44. The number of nitrogens with one attached hydrogen (secondary N) is 1. The SMILES string of the molecule is CCNC(=O)C(Cl)(Cl)C(c1ccc(Cl)cc1)c1ccccc1Cl. The van der Waals surface area contributed by atoms with Crippen LogP contribution in [0, 0.1) is 0 Å². The average Bonchev–Trinajstić information content (AvgIpc) is 2.51. The summed E-state index contributed by atoms with van der Waals surface area (Å²) in [6.07, 6.45) is 0. The highest BCUT2D eigenvalue weighted by molar-refractivity contribution is 6.59. The lowest BCUT2D eigenvalue weighted by Gasteiger charge is -2.30. The lowest BCUT2D eigenvalue weighted by Crippen LogP contribution is -2.43. The maximum absolute atomic E-state index is 12.4. The fourth-order valence-electron chi connectivity index (χ4n) is 2.36. The zero-order valence-electron chi connectivity index (χ0n) is 12.3. The molecule has 6 heteroatoms. The standard InChI is InChI=1S/C17H15Cl4NO/c1-2-22-16(23)17(20,21)15(11-7-9-12(18)10-8-11)13-5-3-4-6-14(13)19/h3-10,15H,2H2,1H3,(H,22,23). The Labute approximate surface area is 155 Å². The summed E-state index contributed by atoms with van der Waals surface area (Å²) >= 11 is 25.2. The van der Waals surface area contributed by atoms with Gasteiger partial charge in [-0.25, -0.2) is 0 Å². The Hall–Kier alpha value is -0.930. The van der Waals surface area contributed by atoms with E-state index in [0.717, 1.165) is 5.56 Å². The molecule has 0 heterocycles. The van der Waals surface area contributed by atoms with Gasteiger partial charge in [0.2, 0.25) is 4.33 Å². The summed E-state index contributed by atoms with van der Waals surface area (Å²) in [7, 11) is 0. The van der Waals surface area contributed by atoms with Crippen molar-refractivity contribution in [3.63, 3.8) is 0 Å². The van der Waals surface area contributed by atoms with Crippen LogP contribution in [0.4, 0.5) is 0 Å². The number of halogens is 4. The molecule has 0 bridgehead atoms. The van der Waals surface area contributed by atoms with Gasteiger partial charge in [-0.1, -0.05) is 76.7 Å². The van der Waals surface area contributed by atoms with Crippen LogP contribution in [0.5, 0.6) is 0 Å². The Morgan fingerprint density at radius 1 is 1.09 bits per heavy atom. The third-order valence-corrected chi connectivity index (χ3v) is 4.80. The first kappa shape index (κ1) is 18.4. The van der Waals surface area contributed by atoms with Crippen molar-refractivity contribution < 1.29 is 4.79 Å². The molecule has 0 saturated carbocycles. The number of benzene rings is 2. The third kappa shape index (κ3) is 4.13. The molecule has 23 heavy (non-hydrogen) atoms. The minimum atomic E-state index is -1.71. The van der Waals surface area contributed by atoms with Crippen molar-refractivity contribution in [2.24, 2.45) is 0 Å². The van der Waals surface area contributed by atoms with Crippen molar-refractivity contribution in [3.05, 3.63) is 69.7 Å². The molecule has 0 aliphatic carbocycles. The number of carbonyl (C=O) groups excluding carboxylic acids is 1. The van der Waals surface area contributed by atoms with Crippen LogP contribution in [-0.4, -0.2) is 16.8 Å². The second-order valence-electron chi connectivity index (χ2n) is 4.99. The molecule has 0 aromatic heterocycles. The van der Waals surface area contributed by atoms with Crippen LogP contribution < -0.4 is 5.32 Å². The van der Waals surface area contributed by atoms with Gasteiger partial charge in [0, 0.05) is 16.6 Å². The fraction of sp³-hybridized carbons (Fsp3) is 0.235. The molecule has 0 saturated heterocycles. The maximum Gasteiger partial charge on any atom is 0.257 e. The number of hydrogen-bond acceptors (Lipinski definition) is 1. The Morgan fingerprint density at radius 2 is 1.70 bits per heavy atom. The molecule has 2 nitrogen and oxygen atoms in total.